The molecule has 0 amide bonds. The van der Waals surface area contributed by atoms with E-state index in [1.807, 2.05) is 23.9 Å². The molecule has 0 aliphatic rings. The monoisotopic (exact) mass is 253 g/mol. The van der Waals surface area contributed by atoms with E-state index in [0.717, 1.165) is 17.9 Å². The number of nitrogens with one attached hydrogen (secondary N) is 1. The van der Waals surface area contributed by atoms with E-state index in [9.17, 15) is 4.79 Å². The highest BCUT2D eigenvalue weighted by atomic mass is 32.2. The molecular formula is C13H19NO2S. The van der Waals surface area contributed by atoms with Gasteiger partial charge >= 0.3 is 5.97 Å². The van der Waals surface area contributed by atoms with Gasteiger partial charge in [0, 0.05) is 11.7 Å². The Kier molecular flexibility index (Phi) is 5.91. The normalized spacial score (nSPS) is 12.1. The van der Waals surface area contributed by atoms with Gasteiger partial charge in [0.2, 0.25) is 0 Å². The zero-order chi connectivity index (χ0) is 12.7. The van der Waals surface area contributed by atoms with Gasteiger partial charge in [-0.1, -0.05) is 19.1 Å². The van der Waals surface area contributed by atoms with Crippen LogP contribution in [0.15, 0.2) is 24.3 Å². The van der Waals surface area contributed by atoms with Crippen LogP contribution < -0.4 is 5.32 Å². The molecule has 0 heterocycles. The van der Waals surface area contributed by atoms with E-state index in [1.165, 1.54) is 0 Å². The summed E-state index contributed by atoms with van der Waals surface area (Å²) in [4.78, 5) is 11.0. The van der Waals surface area contributed by atoms with Crippen molar-refractivity contribution in [3.8, 4) is 0 Å². The van der Waals surface area contributed by atoms with Crippen molar-refractivity contribution in [2.45, 2.75) is 26.3 Å². The van der Waals surface area contributed by atoms with Crippen LogP contribution in [0, 0.1) is 0 Å². The van der Waals surface area contributed by atoms with Gasteiger partial charge in [0.1, 0.15) is 0 Å². The van der Waals surface area contributed by atoms with Crippen LogP contribution in [-0.2, 0) is 0 Å². The van der Waals surface area contributed by atoms with Gasteiger partial charge in [-0.15, -0.1) is 0 Å². The van der Waals surface area contributed by atoms with E-state index in [2.05, 4.69) is 19.2 Å². The summed E-state index contributed by atoms with van der Waals surface area (Å²) in [7, 11) is 0. The number of para-hydroxylation sites is 1. The Hall–Kier alpha value is -1.16. The molecule has 1 aromatic rings. The Labute approximate surface area is 107 Å². The maximum atomic E-state index is 11.0. The molecule has 0 aliphatic carbocycles. The topological polar surface area (TPSA) is 49.3 Å². The van der Waals surface area contributed by atoms with Crippen molar-refractivity contribution in [3.63, 3.8) is 0 Å². The lowest BCUT2D eigenvalue weighted by Gasteiger charge is -2.16. The van der Waals surface area contributed by atoms with Crippen LogP contribution in [0.4, 0.5) is 5.69 Å². The Morgan fingerprint density at radius 3 is 2.82 bits per heavy atom. The number of aromatic carboxylic acids is 1. The fourth-order valence-corrected chi connectivity index (χ4v) is 2.35. The number of hydrogen-bond donors (Lipinski definition) is 2. The van der Waals surface area contributed by atoms with E-state index < -0.39 is 5.97 Å². The maximum Gasteiger partial charge on any atom is 0.337 e. The van der Waals surface area contributed by atoms with Crippen molar-refractivity contribution < 1.29 is 9.90 Å². The van der Waals surface area contributed by atoms with Crippen LogP contribution in [-0.4, -0.2) is 28.6 Å². The molecule has 2 N–H and O–H groups in total. The minimum atomic E-state index is -0.886. The van der Waals surface area contributed by atoms with Crippen molar-refractivity contribution in [1.29, 1.82) is 0 Å². The number of thioether (sulfide) groups is 1. The molecule has 1 atom stereocenters. The molecule has 17 heavy (non-hydrogen) atoms. The Morgan fingerprint density at radius 2 is 2.18 bits per heavy atom. The standard InChI is InChI=1S/C13H19NO2S/c1-3-17-9-8-10(2)14-12-7-5-4-6-11(12)13(15)16/h4-7,10,14H,3,8-9H2,1-2H3,(H,15,16). The first-order valence-corrected chi connectivity index (χ1v) is 6.97. The fraction of sp³-hybridized carbons (Fsp3) is 0.462. The molecule has 0 radical (unpaired) electrons. The molecule has 0 saturated carbocycles. The van der Waals surface area contributed by atoms with Gasteiger partial charge in [0.25, 0.3) is 0 Å². The first-order chi connectivity index (χ1) is 8.15. The van der Waals surface area contributed by atoms with Crippen LogP contribution >= 0.6 is 11.8 Å². The molecule has 3 nitrogen and oxygen atoms in total. The van der Waals surface area contributed by atoms with E-state index in [4.69, 9.17) is 5.11 Å². The van der Waals surface area contributed by atoms with E-state index in [0.29, 0.717) is 11.3 Å². The maximum absolute atomic E-state index is 11.0. The lowest BCUT2D eigenvalue weighted by atomic mass is 10.1. The van der Waals surface area contributed by atoms with E-state index in [-0.39, 0.29) is 6.04 Å². The molecule has 4 heteroatoms. The molecule has 1 aromatic carbocycles. The second-order valence-electron chi connectivity index (χ2n) is 3.88. The van der Waals surface area contributed by atoms with Crippen molar-refractivity contribution in [2.75, 3.05) is 16.8 Å². The predicted octanol–water partition coefficient (Wildman–Crippen LogP) is 3.33. The minimum Gasteiger partial charge on any atom is -0.478 e. The van der Waals surface area contributed by atoms with Gasteiger partial charge < -0.3 is 10.4 Å². The highest BCUT2D eigenvalue weighted by molar-refractivity contribution is 7.99. The summed E-state index contributed by atoms with van der Waals surface area (Å²) in [5, 5.41) is 12.3. The van der Waals surface area contributed by atoms with Crippen LogP contribution in [0.5, 0.6) is 0 Å². The zero-order valence-electron chi connectivity index (χ0n) is 10.3. The Bertz CT molecular complexity index is 368. The van der Waals surface area contributed by atoms with E-state index >= 15 is 0 Å². The van der Waals surface area contributed by atoms with Gasteiger partial charge in [0.05, 0.1) is 5.56 Å². The van der Waals surface area contributed by atoms with Crippen molar-refractivity contribution in [2.24, 2.45) is 0 Å². The number of carbonyl (C=O) groups is 1. The second kappa shape index (κ2) is 7.22. The van der Waals surface area contributed by atoms with Crippen molar-refractivity contribution >= 4 is 23.4 Å². The molecule has 0 aromatic heterocycles. The van der Waals surface area contributed by atoms with Gasteiger partial charge in [-0.05, 0) is 37.0 Å². The number of benzene rings is 1. The Morgan fingerprint density at radius 1 is 1.47 bits per heavy atom. The number of carboxylic acids is 1. The van der Waals surface area contributed by atoms with Gasteiger partial charge in [-0.3, -0.25) is 0 Å². The summed E-state index contributed by atoms with van der Waals surface area (Å²) >= 11 is 1.90. The molecule has 0 aliphatic heterocycles. The van der Waals surface area contributed by atoms with Crippen LogP contribution in [0.2, 0.25) is 0 Å². The highest BCUT2D eigenvalue weighted by Gasteiger charge is 2.10. The van der Waals surface area contributed by atoms with Crippen molar-refractivity contribution in [3.05, 3.63) is 29.8 Å². The van der Waals surface area contributed by atoms with Crippen LogP contribution in [0.3, 0.4) is 0 Å². The second-order valence-corrected chi connectivity index (χ2v) is 5.28. The lowest BCUT2D eigenvalue weighted by Crippen LogP contribution is -2.18. The minimum absolute atomic E-state index is 0.287. The van der Waals surface area contributed by atoms with E-state index in [1.54, 1.807) is 12.1 Å². The SMILES string of the molecule is CCSCCC(C)Nc1ccccc1C(=O)O. The Balaban J connectivity index is 2.58. The molecular weight excluding hydrogens is 234 g/mol. The summed E-state index contributed by atoms with van der Waals surface area (Å²) in [6.07, 6.45) is 1.03. The summed E-state index contributed by atoms with van der Waals surface area (Å²) in [6, 6.07) is 7.31. The van der Waals surface area contributed by atoms with Crippen LogP contribution in [0.25, 0.3) is 0 Å². The van der Waals surface area contributed by atoms with Crippen LogP contribution in [0.1, 0.15) is 30.6 Å². The molecule has 0 fully saturated rings. The third-order valence-electron chi connectivity index (χ3n) is 2.46. The molecule has 1 rings (SSSR count). The smallest absolute Gasteiger partial charge is 0.337 e. The third kappa shape index (κ3) is 4.69. The largest absolute Gasteiger partial charge is 0.478 e. The highest BCUT2D eigenvalue weighted by Crippen LogP contribution is 2.17. The fourth-order valence-electron chi connectivity index (χ4n) is 1.54. The number of rotatable bonds is 7. The molecule has 1 unspecified atom stereocenters. The van der Waals surface area contributed by atoms with Crippen molar-refractivity contribution in [1.82, 2.24) is 0 Å². The van der Waals surface area contributed by atoms with Gasteiger partial charge in [0.15, 0.2) is 0 Å². The summed E-state index contributed by atoms with van der Waals surface area (Å²) in [6.45, 7) is 4.22. The predicted molar refractivity (Wildman–Crippen MR) is 74.1 cm³/mol. The average molecular weight is 253 g/mol. The van der Waals surface area contributed by atoms with Gasteiger partial charge in [-0.25, -0.2) is 4.79 Å². The number of carboxylic acid groups (broad SMARTS) is 1. The average Bonchev–Trinajstić information content (AvgIpc) is 2.29. The molecule has 0 saturated heterocycles. The zero-order valence-corrected chi connectivity index (χ0v) is 11.1. The number of hydrogen-bond acceptors (Lipinski definition) is 3. The molecule has 0 spiro atoms. The van der Waals surface area contributed by atoms with Gasteiger partial charge in [-0.2, -0.15) is 11.8 Å². The third-order valence-corrected chi connectivity index (χ3v) is 3.39. The summed E-state index contributed by atoms with van der Waals surface area (Å²) < 4.78 is 0. The molecule has 94 valence electrons. The summed E-state index contributed by atoms with van der Waals surface area (Å²) in [5.41, 5.74) is 1.04. The summed E-state index contributed by atoms with van der Waals surface area (Å²) in [5.74, 6) is 1.33. The lowest BCUT2D eigenvalue weighted by molar-refractivity contribution is 0.0698. The number of anilines is 1. The quantitative estimate of drug-likeness (QED) is 0.732. The first kappa shape index (κ1) is 13.9. The molecule has 0 bridgehead atoms. The first-order valence-electron chi connectivity index (χ1n) is 5.81.